The number of aryl methyl sites for hydroxylation is 1. The summed E-state index contributed by atoms with van der Waals surface area (Å²) in [7, 11) is 0. The third-order valence-corrected chi connectivity index (χ3v) is 4.66. The standard InChI is InChI=1S/C15H18N2O2S/c1-3-12-8-17-15(20-12)10(2)16-7-11-4-5-13-14(6-11)19-9-18-13/h4-6,8,10,16H,3,7,9H2,1-2H3. The number of thiazole rings is 1. The average molecular weight is 290 g/mol. The lowest BCUT2D eigenvalue weighted by Gasteiger charge is -2.11. The van der Waals surface area contributed by atoms with Gasteiger partial charge in [0, 0.05) is 17.6 Å². The molecule has 1 aliphatic heterocycles. The zero-order valence-electron chi connectivity index (χ0n) is 11.7. The van der Waals surface area contributed by atoms with Crippen molar-refractivity contribution >= 4 is 11.3 Å². The molecule has 0 aliphatic carbocycles. The first-order valence-corrected chi connectivity index (χ1v) is 7.64. The van der Waals surface area contributed by atoms with Gasteiger partial charge in [-0.1, -0.05) is 13.0 Å². The lowest BCUT2D eigenvalue weighted by atomic mass is 10.2. The van der Waals surface area contributed by atoms with Crippen LogP contribution in [-0.2, 0) is 13.0 Å². The van der Waals surface area contributed by atoms with Crippen molar-refractivity contribution in [1.29, 1.82) is 0 Å². The largest absolute Gasteiger partial charge is 0.454 e. The van der Waals surface area contributed by atoms with Crippen LogP contribution < -0.4 is 14.8 Å². The molecule has 0 spiro atoms. The maximum atomic E-state index is 5.39. The molecular formula is C15H18N2O2S. The molecule has 20 heavy (non-hydrogen) atoms. The molecule has 1 aromatic carbocycles. The van der Waals surface area contributed by atoms with Crippen molar-refractivity contribution < 1.29 is 9.47 Å². The van der Waals surface area contributed by atoms with Crippen LogP contribution in [-0.4, -0.2) is 11.8 Å². The van der Waals surface area contributed by atoms with Crippen LogP contribution in [0.4, 0.5) is 0 Å². The zero-order chi connectivity index (χ0) is 13.9. The van der Waals surface area contributed by atoms with E-state index in [9.17, 15) is 0 Å². The summed E-state index contributed by atoms with van der Waals surface area (Å²) in [5, 5.41) is 4.64. The molecule has 5 heteroatoms. The topological polar surface area (TPSA) is 43.4 Å². The van der Waals surface area contributed by atoms with Gasteiger partial charge in [-0.15, -0.1) is 11.3 Å². The summed E-state index contributed by atoms with van der Waals surface area (Å²) in [6.07, 6.45) is 3.02. The fraction of sp³-hybridized carbons (Fsp3) is 0.400. The quantitative estimate of drug-likeness (QED) is 0.917. The van der Waals surface area contributed by atoms with Gasteiger partial charge in [0.15, 0.2) is 11.5 Å². The van der Waals surface area contributed by atoms with E-state index >= 15 is 0 Å². The van der Waals surface area contributed by atoms with Gasteiger partial charge in [-0.05, 0) is 31.0 Å². The number of aromatic nitrogens is 1. The predicted molar refractivity (Wildman–Crippen MR) is 79.3 cm³/mol. The van der Waals surface area contributed by atoms with E-state index < -0.39 is 0 Å². The van der Waals surface area contributed by atoms with Crippen LogP contribution in [0.25, 0.3) is 0 Å². The molecule has 4 nitrogen and oxygen atoms in total. The Balaban J connectivity index is 1.61. The van der Waals surface area contributed by atoms with Gasteiger partial charge in [0.05, 0.1) is 6.04 Å². The Hall–Kier alpha value is -1.59. The minimum absolute atomic E-state index is 0.255. The van der Waals surface area contributed by atoms with Crippen molar-refractivity contribution in [2.75, 3.05) is 6.79 Å². The lowest BCUT2D eigenvalue weighted by molar-refractivity contribution is 0.174. The summed E-state index contributed by atoms with van der Waals surface area (Å²) >= 11 is 1.78. The van der Waals surface area contributed by atoms with E-state index in [4.69, 9.17) is 9.47 Å². The van der Waals surface area contributed by atoms with Crippen molar-refractivity contribution in [3.63, 3.8) is 0 Å². The summed E-state index contributed by atoms with van der Waals surface area (Å²) in [4.78, 5) is 5.80. The SMILES string of the molecule is CCc1cnc(C(C)NCc2ccc3c(c2)OCO3)s1. The van der Waals surface area contributed by atoms with Gasteiger partial charge in [-0.3, -0.25) is 0 Å². The Morgan fingerprint density at radius 3 is 3.00 bits per heavy atom. The number of rotatable bonds is 5. The first-order valence-electron chi connectivity index (χ1n) is 6.82. The van der Waals surface area contributed by atoms with Gasteiger partial charge >= 0.3 is 0 Å². The Bertz CT molecular complexity index is 597. The molecule has 1 atom stereocenters. The van der Waals surface area contributed by atoms with E-state index in [0.29, 0.717) is 6.79 Å². The van der Waals surface area contributed by atoms with Crippen LogP contribution in [0.15, 0.2) is 24.4 Å². The maximum Gasteiger partial charge on any atom is 0.231 e. The van der Waals surface area contributed by atoms with Gasteiger partial charge in [0.25, 0.3) is 0 Å². The fourth-order valence-electron chi connectivity index (χ4n) is 2.10. The number of nitrogens with one attached hydrogen (secondary N) is 1. The summed E-state index contributed by atoms with van der Waals surface area (Å²) < 4.78 is 10.7. The number of benzene rings is 1. The van der Waals surface area contributed by atoms with E-state index in [1.807, 2.05) is 18.3 Å². The van der Waals surface area contributed by atoms with Crippen molar-refractivity contribution in [2.45, 2.75) is 32.9 Å². The number of hydrogen-bond acceptors (Lipinski definition) is 5. The number of hydrogen-bond donors (Lipinski definition) is 1. The van der Waals surface area contributed by atoms with E-state index in [-0.39, 0.29) is 6.04 Å². The summed E-state index contributed by atoms with van der Waals surface area (Å²) in [6.45, 7) is 5.41. The minimum atomic E-state index is 0.255. The Morgan fingerprint density at radius 2 is 2.20 bits per heavy atom. The molecule has 2 aromatic rings. The first kappa shape index (κ1) is 13.4. The molecule has 0 fully saturated rings. The molecule has 0 amide bonds. The Kier molecular flexibility index (Phi) is 3.89. The third-order valence-electron chi connectivity index (χ3n) is 3.34. The first-order chi connectivity index (χ1) is 9.76. The molecule has 1 N–H and O–H groups in total. The van der Waals surface area contributed by atoms with Gasteiger partial charge in [-0.2, -0.15) is 0 Å². The van der Waals surface area contributed by atoms with Crippen LogP contribution in [0.1, 0.15) is 35.3 Å². The molecular weight excluding hydrogens is 272 g/mol. The van der Waals surface area contributed by atoms with E-state index in [2.05, 4.69) is 30.2 Å². The normalized spacial score (nSPS) is 14.5. The second-order valence-corrected chi connectivity index (χ2v) is 5.96. The highest BCUT2D eigenvalue weighted by Gasteiger charge is 2.14. The van der Waals surface area contributed by atoms with Crippen molar-refractivity contribution in [3.8, 4) is 11.5 Å². The fourth-order valence-corrected chi connectivity index (χ4v) is 2.98. The van der Waals surface area contributed by atoms with Crippen molar-refractivity contribution in [3.05, 3.63) is 39.8 Å². The molecule has 1 unspecified atom stereocenters. The Morgan fingerprint density at radius 1 is 1.35 bits per heavy atom. The maximum absolute atomic E-state index is 5.39. The minimum Gasteiger partial charge on any atom is -0.454 e. The Labute approximate surface area is 122 Å². The highest BCUT2D eigenvalue weighted by atomic mass is 32.1. The highest BCUT2D eigenvalue weighted by molar-refractivity contribution is 7.11. The molecule has 0 bridgehead atoms. The van der Waals surface area contributed by atoms with Crippen LogP contribution in [0.5, 0.6) is 11.5 Å². The number of fused-ring (bicyclic) bond motifs is 1. The molecule has 3 rings (SSSR count). The highest BCUT2D eigenvalue weighted by Crippen LogP contribution is 2.32. The van der Waals surface area contributed by atoms with E-state index in [1.54, 1.807) is 11.3 Å². The van der Waals surface area contributed by atoms with Gasteiger partial charge < -0.3 is 14.8 Å². The predicted octanol–water partition coefficient (Wildman–Crippen LogP) is 3.29. The smallest absolute Gasteiger partial charge is 0.231 e. The third kappa shape index (κ3) is 2.78. The van der Waals surface area contributed by atoms with Gasteiger partial charge in [-0.25, -0.2) is 4.98 Å². The molecule has 0 saturated heterocycles. The number of ether oxygens (including phenoxy) is 2. The molecule has 1 aliphatic rings. The van der Waals surface area contributed by atoms with Crippen LogP contribution in [0.2, 0.25) is 0 Å². The molecule has 0 radical (unpaired) electrons. The summed E-state index contributed by atoms with van der Waals surface area (Å²) in [5.74, 6) is 1.66. The lowest BCUT2D eigenvalue weighted by Crippen LogP contribution is -2.17. The monoisotopic (exact) mass is 290 g/mol. The summed E-state index contributed by atoms with van der Waals surface area (Å²) in [5.41, 5.74) is 1.19. The molecule has 0 saturated carbocycles. The van der Waals surface area contributed by atoms with Crippen LogP contribution in [0.3, 0.4) is 0 Å². The second kappa shape index (κ2) is 5.81. The van der Waals surface area contributed by atoms with Crippen LogP contribution >= 0.6 is 11.3 Å². The van der Waals surface area contributed by atoms with Crippen molar-refractivity contribution in [1.82, 2.24) is 10.3 Å². The van der Waals surface area contributed by atoms with E-state index in [1.165, 1.54) is 10.4 Å². The average Bonchev–Trinajstić information content (AvgIpc) is 3.12. The van der Waals surface area contributed by atoms with Crippen molar-refractivity contribution in [2.24, 2.45) is 0 Å². The van der Waals surface area contributed by atoms with Gasteiger partial charge in [0.1, 0.15) is 5.01 Å². The zero-order valence-corrected chi connectivity index (χ0v) is 12.5. The number of nitrogens with zero attached hydrogens (tertiary/aromatic N) is 1. The second-order valence-electron chi connectivity index (χ2n) is 4.81. The molecule has 106 valence electrons. The molecule has 1 aromatic heterocycles. The van der Waals surface area contributed by atoms with Crippen LogP contribution in [0, 0.1) is 0 Å². The van der Waals surface area contributed by atoms with Gasteiger partial charge in [0.2, 0.25) is 6.79 Å². The van der Waals surface area contributed by atoms with E-state index in [0.717, 1.165) is 29.5 Å². The summed E-state index contributed by atoms with van der Waals surface area (Å²) in [6, 6.07) is 6.31. The molecule has 2 heterocycles.